The molecule has 1 unspecified atom stereocenters. The molecule has 0 radical (unpaired) electrons. The van der Waals surface area contributed by atoms with Gasteiger partial charge in [-0.05, 0) is 13.3 Å². The Hall–Kier alpha value is -1.69. The molecule has 6 heteroatoms. The fourth-order valence-corrected chi connectivity index (χ4v) is 2.06. The van der Waals surface area contributed by atoms with Gasteiger partial charge in [0.2, 0.25) is 0 Å². The van der Waals surface area contributed by atoms with Crippen molar-refractivity contribution in [2.75, 3.05) is 24.6 Å². The lowest BCUT2D eigenvalue weighted by molar-refractivity contribution is -0.385. The molecule has 1 aromatic heterocycles. The molecule has 17 heavy (non-hydrogen) atoms. The van der Waals surface area contributed by atoms with Crippen molar-refractivity contribution in [1.82, 2.24) is 4.98 Å². The molecule has 2 rings (SSSR count). The highest BCUT2D eigenvalue weighted by Gasteiger charge is 2.24. The van der Waals surface area contributed by atoms with Crippen LogP contribution in [0.2, 0.25) is 0 Å². The summed E-state index contributed by atoms with van der Waals surface area (Å²) < 4.78 is 0. The maximum absolute atomic E-state index is 10.8. The molecule has 1 N–H and O–H groups in total. The number of rotatable bonds is 3. The summed E-state index contributed by atoms with van der Waals surface area (Å²) in [5.41, 5.74) is 0.666. The van der Waals surface area contributed by atoms with Gasteiger partial charge in [0.25, 0.3) is 5.69 Å². The van der Waals surface area contributed by atoms with Crippen molar-refractivity contribution in [3.63, 3.8) is 0 Å². The lowest BCUT2D eigenvalue weighted by Crippen LogP contribution is -2.21. The van der Waals surface area contributed by atoms with E-state index in [0.717, 1.165) is 13.0 Å². The van der Waals surface area contributed by atoms with E-state index in [2.05, 4.69) is 4.98 Å². The van der Waals surface area contributed by atoms with Crippen LogP contribution in [0.4, 0.5) is 11.5 Å². The number of aromatic nitrogens is 1. The van der Waals surface area contributed by atoms with Crippen molar-refractivity contribution in [2.45, 2.75) is 13.3 Å². The summed E-state index contributed by atoms with van der Waals surface area (Å²) in [5.74, 6) is 0.871. The summed E-state index contributed by atoms with van der Waals surface area (Å²) in [6.07, 6.45) is 2.43. The van der Waals surface area contributed by atoms with Crippen LogP contribution in [0.5, 0.6) is 0 Å². The van der Waals surface area contributed by atoms with Crippen LogP contribution >= 0.6 is 0 Å². The van der Waals surface area contributed by atoms with Crippen molar-refractivity contribution in [2.24, 2.45) is 5.92 Å². The van der Waals surface area contributed by atoms with Gasteiger partial charge in [0.1, 0.15) is 5.82 Å². The van der Waals surface area contributed by atoms with E-state index in [9.17, 15) is 10.1 Å². The van der Waals surface area contributed by atoms with Crippen LogP contribution < -0.4 is 4.90 Å². The lowest BCUT2D eigenvalue weighted by atomic mass is 10.1. The summed E-state index contributed by atoms with van der Waals surface area (Å²) in [4.78, 5) is 16.6. The lowest BCUT2D eigenvalue weighted by Gasteiger charge is -2.17. The number of nitro groups is 1. The van der Waals surface area contributed by atoms with E-state index in [4.69, 9.17) is 5.11 Å². The quantitative estimate of drug-likeness (QED) is 0.629. The van der Waals surface area contributed by atoms with Crippen LogP contribution in [0, 0.1) is 23.0 Å². The summed E-state index contributed by atoms with van der Waals surface area (Å²) in [7, 11) is 0. The summed E-state index contributed by atoms with van der Waals surface area (Å²) in [5, 5.41) is 19.9. The zero-order valence-electron chi connectivity index (χ0n) is 9.67. The Morgan fingerprint density at radius 3 is 3.06 bits per heavy atom. The highest BCUT2D eigenvalue weighted by Crippen LogP contribution is 2.26. The first-order chi connectivity index (χ1) is 8.11. The Morgan fingerprint density at radius 1 is 1.71 bits per heavy atom. The Bertz CT molecular complexity index is 436. The summed E-state index contributed by atoms with van der Waals surface area (Å²) >= 11 is 0. The Morgan fingerprint density at radius 2 is 2.47 bits per heavy atom. The zero-order valence-corrected chi connectivity index (χ0v) is 9.67. The highest BCUT2D eigenvalue weighted by atomic mass is 16.6. The second kappa shape index (κ2) is 4.67. The molecule has 0 aromatic carbocycles. The van der Waals surface area contributed by atoms with Gasteiger partial charge in [-0.15, -0.1) is 0 Å². The molecule has 0 aliphatic carbocycles. The van der Waals surface area contributed by atoms with Crippen molar-refractivity contribution in [3.05, 3.63) is 27.9 Å². The van der Waals surface area contributed by atoms with Gasteiger partial charge >= 0.3 is 0 Å². The maximum Gasteiger partial charge on any atom is 0.277 e. The number of aliphatic hydroxyl groups is 1. The molecular formula is C11H15N3O3. The van der Waals surface area contributed by atoms with E-state index in [1.807, 2.05) is 4.90 Å². The molecule has 1 aliphatic heterocycles. The molecular weight excluding hydrogens is 222 g/mol. The van der Waals surface area contributed by atoms with Gasteiger partial charge in [-0.1, -0.05) is 0 Å². The SMILES string of the molecule is Cc1cnc(N2CCC(CO)C2)cc1[N+](=O)[O-]. The Kier molecular flexibility index (Phi) is 3.23. The number of hydrogen-bond donors (Lipinski definition) is 1. The molecule has 1 aliphatic rings. The molecule has 0 spiro atoms. The predicted molar refractivity (Wildman–Crippen MR) is 63.0 cm³/mol. The van der Waals surface area contributed by atoms with E-state index in [1.165, 1.54) is 12.3 Å². The average Bonchev–Trinajstić information content (AvgIpc) is 2.78. The summed E-state index contributed by atoms with van der Waals surface area (Å²) in [6.45, 7) is 3.34. The average molecular weight is 237 g/mol. The third kappa shape index (κ3) is 2.36. The zero-order chi connectivity index (χ0) is 12.4. The molecule has 6 nitrogen and oxygen atoms in total. The van der Waals surface area contributed by atoms with Crippen LogP contribution in [0.3, 0.4) is 0 Å². The third-order valence-electron chi connectivity index (χ3n) is 3.13. The van der Waals surface area contributed by atoms with E-state index >= 15 is 0 Å². The third-order valence-corrected chi connectivity index (χ3v) is 3.13. The molecule has 1 saturated heterocycles. The summed E-state index contributed by atoms with van der Waals surface area (Å²) in [6, 6.07) is 1.51. The van der Waals surface area contributed by atoms with E-state index in [0.29, 0.717) is 17.9 Å². The van der Waals surface area contributed by atoms with Gasteiger partial charge in [0.05, 0.1) is 11.0 Å². The first-order valence-electron chi connectivity index (χ1n) is 5.58. The number of anilines is 1. The molecule has 1 aromatic rings. The van der Waals surface area contributed by atoms with Crippen LogP contribution in [-0.2, 0) is 0 Å². The highest BCUT2D eigenvalue weighted by molar-refractivity contribution is 5.51. The van der Waals surface area contributed by atoms with Crippen molar-refractivity contribution >= 4 is 11.5 Å². The van der Waals surface area contributed by atoms with Gasteiger partial charge in [-0.3, -0.25) is 10.1 Å². The normalized spacial score (nSPS) is 19.6. The first-order valence-corrected chi connectivity index (χ1v) is 5.58. The standard InChI is InChI=1S/C11H15N3O3/c1-8-5-12-11(4-10(8)14(16)17)13-3-2-9(6-13)7-15/h4-5,9,15H,2-3,6-7H2,1H3. The van der Waals surface area contributed by atoms with Crippen LogP contribution in [0.25, 0.3) is 0 Å². The molecule has 1 atom stereocenters. The molecule has 0 saturated carbocycles. The largest absolute Gasteiger partial charge is 0.396 e. The van der Waals surface area contributed by atoms with Crippen LogP contribution in [0.1, 0.15) is 12.0 Å². The van der Waals surface area contributed by atoms with Crippen molar-refractivity contribution < 1.29 is 10.0 Å². The minimum Gasteiger partial charge on any atom is -0.396 e. The Balaban J connectivity index is 2.22. The van der Waals surface area contributed by atoms with Crippen molar-refractivity contribution in [1.29, 1.82) is 0 Å². The topological polar surface area (TPSA) is 79.5 Å². The van der Waals surface area contributed by atoms with Gasteiger partial charge in [0.15, 0.2) is 0 Å². The fraction of sp³-hybridized carbons (Fsp3) is 0.545. The number of hydrogen-bond acceptors (Lipinski definition) is 5. The molecule has 92 valence electrons. The van der Waals surface area contributed by atoms with E-state index in [1.54, 1.807) is 6.92 Å². The van der Waals surface area contributed by atoms with Gasteiger partial charge in [-0.25, -0.2) is 4.98 Å². The predicted octanol–water partition coefficient (Wildman–Crippen LogP) is 1.12. The number of nitrogens with zero attached hydrogens (tertiary/aromatic N) is 3. The van der Waals surface area contributed by atoms with Gasteiger partial charge in [-0.2, -0.15) is 0 Å². The van der Waals surface area contributed by atoms with Gasteiger partial charge in [0, 0.05) is 37.4 Å². The molecule has 0 bridgehead atoms. The first kappa shape index (κ1) is 11.8. The monoisotopic (exact) mass is 237 g/mol. The van der Waals surface area contributed by atoms with E-state index < -0.39 is 0 Å². The van der Waals surface area contributed by atoms with Crippen LogP contribution in [0.15, 0.2) is 12.3 Å². The van der Waals surface area contributed by atoms with Gasteiger partial charge < -0.3 is 10.0 Å². The maximum atomic E-state index is 10.8. The second-order valence-electron chi connectivity index (χ2n) is 4.37. The smallest absolute Gasteiger partial charge is 0.277 e. The van der Waals surface area contributed by atoms with Crippen molar-refractivity contribution in [3.8, 4) is 0 Å². The fourth-order valence-electron chi connectivity index (χ4n) is 2.06. The number of aliphatic hydroxyl groups excluding tert-OH is 1. The second-order valence-corrected chi connectivity index (χ2v) is 4.37. The van der Waals surface area contributed by atoms with Crippen LogP contribution in [-0.4, -0.2) is 34.7 Å². The minimum absolute atomic E-state index is 0.0995. The number of pyridine rings is 1. The molecule has 1 fully saturated rings. The molecule has 0 amide bonds. The number of aryl methyl sites for hydroxylation is 1. The minimum atomic E-state index is -0.389. The van der Waals surface area contributed by atoms with E-state index in [-0.39, 0.29) is 23.1 Å². The Labute approximate surface area is 99.0 Å². The molecule has 2 heterocycles.